The molecule has 0 spiro atoms. The number of benzene rings is 1. The predicted octanol–water partition coefficient (Wildman–Crippen LogP) is 2.61. The van der Waals surface area contributed by atoms with Crippen LogP contribution in [0.15, 0.2) is 18.2 Å². The van der Waals surface area contributed by atoms with Crippen molar-refractivity contribution in [2.45, 2.75) is 32.2 Å². The van der Waals surface area contributed by atoms with E-state index >= 15 is 0 Å². The van der Waals surface area contributed by atoms with Gasteiger partial charge in [0.05, 0.1) is 6.61 Å². The number of likely N-dealkylation sites (tertiary alicyclic amines) is 1. The summed E-state index contributed by atoms with van der Waals surface area (Å²) in [5, 5.41) is 3.38. The molecule has 0 saturated carbocycles. The molecule has 2 aliphatic heterocycles. The third-order valence-corrected chi connectivity index (χ3v) is 4.79. The molecule has 110 valence electrons. The number of nitrogens with one attached hydrogen (secondary N) is 1. The van der Waals surface area contributed by atoms with Crippen LogP contribution in [0.2, 0.25) is 0 Å². The third kappa shape index (κ3) is 2.57. The van der Waals surface area contributed by atoms with Crippen molar-refractivity contribution in [2.24, 2.45) is 5.92 Å². The lowest BCUT2D eigenvalue weighted by Gasteiger charge is -2.41. The molecule has 1 saturated heterocycles. The summed E-state index contributed by atoms with van der Waals surface area (Å²) in [7, 11) is 2.07. The van der Waals surface area contributed by atoms with E-state index in [0.717, 1.165) is 31.9 Å². The Labute approximate surface area is 122 Å². The summed E-state index contributed by atoms with van der Waals surface area (Å²) in [6.07, 6.45) is 3.72. The number of hydrogen-bond acceptors (Lipinski definition) is 3. The second-order valence-electron chi connectivity index (χ2n) is 6.00. The minimum absolute atomic E-state index is 0.562. The normalized spacial score (nSPS) is 26.3. The fourth-order valence-corrected chi connectivity index (χ4v) is 3.86. The summed E-state index contributed by atoms with van der Waals surface area (Å²) in [4.78, 5) is 2.64. The lowest BCUT2D eigenvalue weighted by molar-refractivity contribution is 0.0981. The molecule has 2 aliphatic rings. The topological polar surface area (TPSA) is 24.5 Å². The van der Waals surface area contributed by atoms with Gasteiger partial charge in [-0.2, -0.15) is 0 Å². The Hall–Kier alpha value is -1.06. The SMILES string of the molecule is CCN1CCCC(CNC)C1c1ccc2c(c1)CCO2. The number of piperidine rings is 1. The highest BCUT2D eigenvalue weighted by Crippen LogP contribution is 2.38. The molecule has 3 nitrogen and oxygen atoms in total. The van der Waals surface area contributed by atoms with Gasteiger partial charge in [-0.1, -0.05) is 19.1 Å². The van der Waals surface area contributed by atoms with Gasteiger partial charge < -0.3 is 10.1 Å². The highest BCUT2D eigenvalue weighted by atomic mass is 16.5. The van der Waals surface area contributed by atoms with Gasteiger partial charge in [0.15, 0.2) is 0 Å². The minimum Gasteiger partial charge on any atom is -0.493 e. The van der Waals surface area contributed by atoms with Crippen LogP contribution in [-0.2, 0) is 6.42 Å². The maximum Gasteiger partial charge on any atom is 0.122 e. The van der Waals surface area contributed by atoms with E-state index in [1.807, 2.05) is 0 Å². The Morgan fingerprint density at radius 1 is 1.40 bits per heavy atom. The van der Waals surface area contributed by atoms with Crippen LogP contribution < -0.4 is 10.1 Å². The largest absolute Gasteiger partial charge is 0.493 e. The van der Waals surface area contributed by atoms with Gasteiger partial charge in [0.25, 0.3) is 0 Å². The van der Waals surface area contributed by atoms with Crippen molar-refractivity contribution in [3.05, 3.63) is 29.3 Å². The molecule has 0 bridgehead atoms. The maximum atomic E-state index is 5.64. The third-order valence-electron chi connectivity index (χ3n) is 4.79. The number of hydrogen-bond donors (Lipinski definition) is 1. The van der Waals surface area contributed by atoms with Crippen molar-refractivity contribution >= 4 is 0 Å². The average molecular weight is 274 g/mol. The molecule has 1 aromatic rings. The lowest BCUT2D eigenvalue weighted by atomic mass is 9.84. The summed E-state index contributed by atoms with van der Waals surface area (Å²) in [6.45, 7) is 6.61. The molecule has 20 heavy (non-hydrogen) atoms. The molecule has 2 unspecified atom stereocenters. The van der Waals surface area contributed by atoms with Gasteiger partial charge >= 0.3 is 0 Å². The Kier molecular flexibility index (Phi) is 4.27. The van der Waals surface area contributed by atoms with Crippen molar-refractivity contribution in [3.63, 3.8) is 0 Å². The molecule has 2 heterocycles. The molecule has 3 rings (SSSR count). The number of fused-ring (bicyclic) bond motifs is 1. The van der Waals surface area contributed by atoms with Crippen molar-refractivity contribution in [1.82, 2.24) is 10.2 Å². The first kappa shape index (κ1) is 13.9. The Morgan fingerprint density at radius 3 is 3.10 bits per heavy atom. The quantitative estimate of drug-likeness (QED) is 0.913. The standard InChI is InChI=1S/C17H26N2O/c1-3-19-9-4-5-15(12-18-2)17(19)14-6-7-16-13(11-14)8-10-20-16/h6-7,11,15,17-18H,3-5,8-10,12H2,1-2H3. The summed E-state index contributed by atoms with van der Waals surface area (Å²) in [6, 6.07) is 7.41. The molecule has 1 fully saturated rings. The van der Waals surface area contributed by atoms with Crippen molar-refractivity contribution in [1.29, 1.82) is 0 Å². The molecular weight excluding hydrogens is 248 g/mol. The summed E-state index contributed by atoms with van der Waals surface area (Å²) in [5.74, 6) is 1.81. The number of ether oxygens (including phenoxy) is 1. The van der Waals surface area contributed by atoms with Gasteiger partial charge in [-0.3, -0.25) is 4.90 Å². The van der Waals surface area contributed by atoms with Gasteiger partial charge in [-0.15, -0.1) is 0 Å². The second kappa shape index (κ2) is 6.15. The zero-order chi connectivity index (χ0) is 13.9. The van der Waals surface area contributed by atoms with E-state index in [9.17, 15) is 0 Å². The molecule has 3 heteroatoms. The molecule has 1 N–H and O–H groups in total. The maximum absolute atomic E-state index is 5.64. The van der Waals surface area contributed by atoms with Gasteiger partial charge in [-0.05, 0) is 62.6 Å². The van der Waals surface area contributed by atoms with E-state index < -0.39 is 0 Å². The Bertz CT molecular complexity index is 458. The number of nitrogens with zero attached hydrogens (tertiary/aromatic N) is 1. The first-order valence-corrected chi connectivity index (χ1v) is 7.97. The molecule has 2 atom stereocenters. The zero-order valence-corrected chi connectivity index (χ0v) is 12.7. The van der Waals surface area contributed by atoms with E-state index in [1.54, 1.807) is 0 Å². The minimum atomic E-state index is 0.562. The van der Waals surface area contributed by atoms with Gasteiger partial charge in [0.1, 0.15) is 5.75 Å². The van der Waals surface area contributed by atoms with Crippen LogP contribution >= 0.6 is 0 Å². The molecule has 0 amide bonds. The first-order valence-electron chi connectivity index (χ1n) is 7.97. The van der Waals surface area contributed by atoms with Crippen LogP contribution in [0.1, 0.15) is 36.9 Å². The van der Waals surface area contributed by atoms with E-state index in [-0.39, 0.29) is 0 Å². The van der Waals surface area contributed by atoms with Crippen LogP contribution in [0.3, 0.4) is 0 Å². The average Bonchev–Trinajstić information content (AvgIpc) is 2.94. The second-order valence-corrected chi connectivity index (χ2v) is 6.00. The number of rotatable bonds is 4. The van der Waals surface area contributed by atoms with Crippen LogP contribution in [0.4, 0.5) is 0 Å². The van der Waals surface area contributed by atoms with Gasteiger partial charge in [-0.25, -0.2) is 0 Å². The molecule has 1 aromatic carbocycles. The van der Waals surface area contributed by atoms with Crippen molar-refractivity contribution in [2.75, 3.05) is 33.3 Å². The zero-order valence-electron chi connectivity index (χ0n) is 12.7. The van der Waals surface area contributed by atoms with E-state index in [0.29, 0.717) is 12.0 Å². The van der Waals surface area contributed by atoms with Crippen LogP contribution in [0.5, 0.6) is 5.75 Å². The summed E-state index contributed by atoms with van der Waals surface area (Å²) >= 11 is 0. The lowest BCUT2D eigenvalue weighted by Crippen LogP contribution is -2.42. The highest BCUT2D eigenvalue weighted by Gasteiger charge is 2.31. The molecule has 0 radical (unpaired) electrons. The molecule has 0 aromatic heterocycles. The Balaban J connectivity index is 1.90. The predicted molar refractivity (Wildman–Crippen MR) is 82.3 cm³/mol. The Morgan fingerprint density at radius 2 is 2.30 bits per heavy atom. The van der Waals surface area contributed by atoms with Gasteiger partial charge in [0.2, 0.25) is 0 Å². The first-order chi connectivity index (χ1) is 9.83. The summed E-state index contributed by atoms with van der Waals surface area (Å²) in [5.41, 5.74) is 2.88. The van der Waals surface area contributed by atoms with Crippen molar-refractivity contribution < 1.29 is 4.74 Å². The van der Waals surface area contributed by atoms with E-state index in [1.165, 1.54) is 30.5 Å². The summed E-state index contributed by atoms with van der Waals surface area (Å²) < 4.78 is 5.64. The fraction of sp³-hybridized carbons (Fsp3) is 0.647. The highest BCUT2D eigenvalue weighted by molar-refractivity contribution is 5.41. The smallest absolute Gasteiger partial charge is 0.122 e. The van der Waals surface area contributed by atoms with E-state index in [2.05, 4.69) is 42.4 Å². The monoisotopic (exact) mass is 274 g/mol. The molecular formula is C17H26N2O. The molecule has 0 aliphatic carbocycles. The van der Waals surface area contributed by atoms with Crippen LogP contribution in [-0.4, -0.2) is 38.2 Å². The van der Waals surface area contributed by atoms with Crippen LogP contribution in [0.25, 0.3) is 0 Å². The van der Waals surface area contributed by atoms with E-state index in [4.69, 9.17) is 4.74 Å². The van der Waals surface area contributed by atoms with Crippen LogP contribution in [0, 0.1) is 5.92 Å². The fourth-order valence-electron chi connectivity index (χ4n) is 3.86. The van der Waals surface area contributed by atoms with Gasteiger partial charge in [0, 0.05) is 12.5 Å². The van der Waals surface area contributed by atoms with Crippen molar-refractivity contribution in [3.8, 4) is 5.75 Å².